The molecule has 0 radical (unpaired) electrons. The smallest absolute Gasteiger partial charge is 0.227 e. The average Bonchev–Trinajstić information content (AvgIpc) is 2.39. The van der Waals surface area contributed by atoms with Gasteiger partial charge >= 0.3 is 0 Å². The standard InChI is InChI=1S/C14H20N2O2.ClH/c1-10-9-11(7-8-15-10)14(17)16-12-5-3-4-6-13(12)18-2;/h3-6,10-11,15H,7-9H2,1-2H3,(H,16,17);1H/t10-,11-;/m0./s1. The maximum atomic E-state index is 12.2. The molecule has 4 nitrogen and oxygen atoms in total. The van der Waals surface area contributed by atoms with E-state index >= 15 is 0 Å². The maximum Gasteiger partial charge on any atom is 0.227 e. The third-order valence-corrected chi connectivity index (χ3v) is 3.36. The fraction of sp³-hybridized carbons (Fsp3) is 0.500. The minimum Gasteiger partial charge on any atom is -0.495 e. The van der Waals surface area contributed by atoms with Crippen LogP contribution in [-0.4, -0.2) is 25.6 Å². The van der Waals surface area contributed by atoms with Crippen molar-refractivity contribution in [3.8, 4) is 5.75 Å². The molecular formula is C14H21ClN2O2. The van der Waals surface area contributed by atoms with Gasteiger partial charge in [0.1, 0.15) is 5.75 Å². The summed E-state index contributed by atoms with van der Waals surface area (Å²) in [5, 5.41) is 6.31. The number of anilines is 1. The molecule has 0 saturated carbocycles. The number of rotatable bonds is 3. The molecule has 2 atom stereocenters. The molecule has 1 fully saturated rings. The van der Waals surface area contributed by atoms with Gasteiger partial charge in [-0.25, -0.2) is 0 Å². The highest BCUT2D eigenvalue weighted by molar-refractivity contribution is 5.94. The zero-order chi connectivity index (χ0) is 13.0. The SMILES string of the molecule is COc1ccccc1NC(=O)[C@H]1CCN[C@@H](C)C1.Cl. The lowest BCUT2D eigenvalue weighted by atomic mass is 9.92. The number of hydrogen-bond acceptors (Lipinski definition) is 3. The van der Waals surface area contributed by atoms with E-state index in [1.54, 1.807) is 7.11 Å². The Morgan fingerprint density at radius 1 is 1.42 bits per heavy atom. The maximum absolute atomic E-state index is 12.2. The van der Waals surface area contributed by atoms with Crippen molar-refractivity contribution < 1.29 is 9.53 Å². The summed E-state index contributed by atoms with van der Waals surface area (Å²) < 4.78 is 5.23. The monoisotopic (exact) mass is 284 g/mol. The van der Waals surface area contributed by atoms with Crippen molar-refractivity contribution in [2.24, 2.45) is 5.92 Å². The molecule has 1 aromatic rings. The quantitative estimate of drug-likeness (QED) is 0.896. The number of halogens is 1. The molecule has 2 rings (SSSR count). The molecular weight excluding hydrogens is 264 g/mol. The molecule has 106 valence electrons. The highest BCUT2D eigenvalue weighted by Gasteiger charge is 2.25. The van der Waals surface area contributed by atoms with E-state index in [-0.39, 0.29) is 24.2 Å². The second-order valence-electron chi connectivity index (χ2n) is 4.77. The van der Waals surface area contributed by atoms with E-state index in [0.717, 1.165) is 25.1 Å². The fourth-order valence-corrected chi connectivity index (χ4v) is 2.35. The van der Waals surface area contributed by atoms with Gasteiger partial charge in [-0.2, -0.15) is 0 Å². The summed E-state index contributed by atoms with van der Waals surface area (Å²) >= 11 is 0. The molecule has 1 saturated heterocycles. The van der Waals surface area contributed by atoms with E-state index < -0.39 is 0 Å². The lowest BCUT2D eigenvalue weighted by Gasteiger charge is -2.27. The number of piperidine rings is 1. The third kappa shape index (κ3) is 4.11. The summed E-state index contributed by atoms with van der Waals surface area (Å²) in [4.78, 5) is 12.2. The van der Waals surface area contributed by atoms with Crippen molar-refractivity contribution in [3.05, 3.63) is 24.3 Å². The van der Waals surface area contributed by atoms with Crippen molar-refractivity contribution in [1.29, 1.82) is 0 Å². The van der Waals surface area contributed by atoms with Gasteiger partial charge in [0.15, 0.2) is 0 Å². The molecule has 0 aliphatic carbocycles. The van der Waals surface area contributed by atoms with Gasteiger partial charge < -0.3 is 15.4 Å². The van der Waals surface area contributed by atoms with Crippen LogP contribution in [0.1, 0.15) is 19.8 Å². The van der Waals surface area contributed by atoms with Crippen LogP contribution in [0.2, 0.25) is 0 Å². The van der Waals surface area contributed by atoms with Gasteiger partial charge in [-0.05, 0) is 38.4 Å². The topological polar surface area (TPSA) is 50.4 Å². The highest BCUT2D eigenvalue weighted by Crippen LogP contribution is 2.25. The molecule has 1 heterocycles. The number of para-hydroxylation sites is 2. The second-order valence-corrected chi connectivity index (χ2v) is 4.77. The minimum absolute atomic E-state index is 0. The minimum atomic E-state index is 0. The molecule has 19 heavy (non-hydrogen) atoms. The van der Waals surface area contributed by atoms with Crippen LogP contribution in [-0.2, 0) is 4.79 Å². The lowest BCUT2D eigenvalue weighted by molar-refractivity contribution is -0.120. The van der Waals surface area contributed by atoms with Crippen LogP contribution in [0.25, 0.3) is 0 Å². The predicted molar refractivity (Wildman–Crippen MR) is 79.1 cm³/mol. The number of hydrogen-bond donors (Lipinski definition) is 2. The Morgan fingerprint density at radius 3 is 2.84 bits per heavy atom. The van der Waals surface area contributed by atoms with E-state index in [1.165, 1.54) is 0 Å². The third-order valence-electron chi connectivity index (χ3n) is 3.36. The normalized spacial score (nSPS) is 22.2. The molecule has 2 N–H and O–H groups in total. The van der Waals surface area contributed by atoms with Crippen LogP contribution in [0.4, 0.5) is 5.69 Å². The van der Waals surface area contributed by atoms with Crippen LogP contribution in [0.15, 0.2) is 24.3 Å². The number of carbonyl (C=O) groups is 1. The zero-order valence-corrected chi connectivity index (χ0v) is 12.1. The van der Waals surface area contributed by atoms with E-state index in [1.807, 2.05) is 24.3 Å². The van der Waals surface area contributed by atoms with Crippen molar-refractivity contribution >= 4 is 24.0 Å². The van der Waals surface area contributed by atoms with Gasteiger partial charge in [0.2, 0.25) is 5.91 Å². The molecule has 0 aromatic heterocycles. The van der Waals surface area contributed by atoms with Crippen molar-refractivity contribution in [3.63, 3.8) is 0 Å². The summed E-state index contributed by atoms with van der Waals surface area (Å²) in [6.45, 7) is 3.02. The van der Waals surface area contributed by atoms with E-state index in [9.17, 15) is 4.79 Å². The number of ether oxygens (including phenoxy) is 1. The molecule has 0 unspecified atom stereocenters. The Bertz CT molecular complexity index is 426. The van der Waals surface area contributed by atoms with Crippen LogP contribution < -0.4 is 15.4 Å². The van der Waals surface area contributed by atoms with Gasteiger partial charge in [0.25, 0.3) is 0 Å². The van der Waals surface area contributed by atoms with E-state index in [4.69, 9.17) is 4.74 Å². The summed E-state index contributed by atoms with van der Waals surface area (Å²) in [6, 6.07) is 7.90. The Hall–Kier alpha value is -1.26. The summed E-state index contributed by atoms with van der Waals surface area (Å²) in [5.74, 6) is 0.881. The van der Waals surface area contributed by atoms with Gasteiger partial charge in [-0.3, -0.25) is 4.79 Å². The van der Waals surface area contributed by atoms with Crippen LogP contribution in [0.3, 0.4) is 0 Å². The van der Waals surface area contributed by atoms with Crippen LogP contribution in [0.5, 0.6) is 5.75 Å². The van der Waals surface area contributed by atoms with Crippen molar-refractivity contribution in [2.45, 2.75) is 25.8 Å². The number of methoxy groups -OCH3 is 1. The number of benzene rings is 1. The average molecular weight is 285 g/mol. The molecule has 1 amide bonds. The van der Waals surface area contributed by atoms with E-state index in [0.29, 0.717) is 11.8 Å². The Kier molecular flexibility index (Phi) is 6.12. The van der Waals surface area contributed by atoms with Crippen LogP contribution in [0, 0.1) is 5.92 Å². The zero-order valence-electron chi connectivity index (χ0n) is 11.3. The fourth-order valence-electron chi connectivity index (χ4n) is 2.35. The van der Waals surface area contributed by atoms with Crippen molar-refractivity contribution in [2.75, 3.05) is 19.0 Å². The second kappa shape index (κ2) is 7.36. The van der Waals surface area contributed by atoms with Crippen molar-refractivity contribution in [1.82, 2.24) is 5.32 Å². The molecule has 0 spiro atoms. The summed E-state index contributed by atoms with van der Waals surface area (Å²) in [6.07, 6.45) is 1.78. The number of nitrogens with one attached hydrogen (secondary N) is 2. The molecule has 1 aliphatic heterocycles. The largest absolute Gasteiger partial charge is 0.495 e. The summed E-state index contributed by atoms with van der Waals surface area (Å²) in [7, 11) is 1.61. The Balaban J connectivity index is 0.00000180. The van der Waals surface area contributed by atoms with E-state index in [2.05, 4.69) is 17.6 Å². The summed E-state index contributed by atoms with van der Waals surface area (Å²) in [5.41, 5.74) is 0.746. The number of amides is 1. The van der Waals surface area contributed by atoms with Gasteiger partial charge in [0.05, 0.1) is 12.8 Å². The first-order valence-electron chi connectivity index (χ1n) is 6.38. The Morgan fingerprint density at radius 2 is 2.16 bits per heavy atom. The first kappa shape index (κ1) is 15.8. The molecule has 5 heteroatoms. The van der Waals surface area contributed by atoms with Gasteiger partial charge in [0, 0.05) is 12.0 Å². The van der Waals surface area contributed by atoms with Gasteiger partial charge in [-0.15, -0.1) is 12.4 Å². The highest BCUT2D eigenvalue weighted by atomic mass is 35.5. The Labute approximate surface area is 120 Å². The molecule has 0 bridgehead atoms. The molecule has 1 aromatic carbocycles. The van der Waals surface area contributed by atoms with Gasteiger partial charge in [-0.1, -0.05) is 12.1 Å². The first-order chi connectivity index (χ1) is 8.70. The molecule has 1 aliphatic rings. The van der Waals surface area contributed by atoms with Crippen LogP contribution >= 0.6 is 12.4 Å². The lowest BCUT2D eigenvalue weighted by Crippen LogP contribution is -2.40. The first-order valence-corrected chi connectivity index (χ1v) is 6.38. The predicted octanol–water partition coefficient (Wildman–Crippen LogP) is 2.44. The number of carbonyl (C=O) groups excluding carboxylic acids is 1.